The van der Waals surface area contributed by atoms with Gasteiger partial charge in [0.05, 0.1) is 19.6 Å². The molecule has 1 aliphatic rings. The van der Waals surface area contributed by atoms with Crippen molar-refractivity contribution in [1.82, 2.24) is 4.57 Å². The first-order valence-electron chi connectivity index (χ1n) is 28.3. The van der Waals surface area contributed by atoms with Gasteiger partial charge in [-0.05, 0) is 79.3 Å². The number of carbonyl (C=O) groups excluding carboxylic acids is 3. The molecule has 0 radical (unpaired) electrons. The minimum atomic E-state index is -4.59. The summed E-state index contributed by atoms with van der Waals surface area (Å²) in [5, 5.41) is 0. The fourth-order valence-corrected chi connectivity index (χ4v) is 10.3. The first-order chi connectivity index (χ1) is 35.2. The minimum absolute atomic E-state index is 0.0168. The van der Waals surface area contributed by atoms with Gasteiger partial charge < -0.3 is 23.7 Å². The number of fused-ring (bicyclic) bond motifs is 3. The van der Waals surface area contributed by atoms with E-state index in [1.165, 1.54) is 107 Å². The van der Waals surface area contributed by atoms with E-state index in [0.29, 0.717) is 19.3 Å². The summed E-state index contributed by atoms with van der Waals surface area (Å²) in [5.74, 6) is -1.19. The highest BCUT2D eigenvalue weighted by atomic mass is 31.2. The number of unbranched alkanes of at least 4 members (excludes halogenated alkanes) is 23. The van der Waals surface area contributed by atoms with Gasteiger partial charge in [0.25, 0.3) is 0 Å². The van der Waals surface area contributed by atoms with Crippen LogP contribution in [0.4, 0.5) is 0 Å². The molecule has 0 spiro atoms. The Morgan fingerprint density at radius 3 is 1.61 bits per heavy atom. The van der Waals surface area contributed by atoms with Crippen LogP contribution in [-0.2, 0) is 55.2 Å². The van der Waals surface area contributed by atoms with E-state index >= 15 is 0 Å². The highest BCUT2D eigenvalue weighted by molar-refractivity contribution is 7.47. The highest BCUT2D eigenvalue weighted by Gasteiger charge is 2.29. The molecule has 11 nitrogen and oxygen atoms in total. The summed E-state index contributed by atoms with van der Waals surface area (Å²) < 4.78 is 42.6. The lowest BCUT2D eigenvalue weighted by molar-refractivity contribution is -0.161. The van der Waals surface area contributed by atoms with Gasteiger partial charge in [0.2, 0.25) is 0 Å². The third-order valence-corrected chi connectivity index (χ3v) is 14.7. The average molecular weight is 1020 g/mol. The van der Waals surface area contributed by atoms with Crippen LogP contribution in [0.1, 0.15) is 223 Å². The number of rotatable bonds is 44. The molecule has 1 heterocycles. The summed E-state index contributed by atoms with van der Waals surface area (Å²) in [7, 11) is -4.59. The van der Waals surface area contributed by atoms with Crippen molar-refractivity contribution in [3.05, 3.63) is 95.8 Å². The number of phosphoric acid groups is 1. The van der Waals surface area contributed by atoms with Crippen molar-refractivity contribution in [3.63, 3.8) is 0 Å². The fourth-order valence-electron chi connectivity index (χ4n) is 9.53. The van der Waals surface area contributed by atoms with Gasteiger partial charge in [0, 0.05) is 37.2 Å². The van der Waals surface area contributed by atoms with Crippen molar-refractivity contribution in [2.45, 2.75) is 225 Å². The number of aryl methyl sites for hydroxylation is 1. The van der Waals surface area contributed by atoms with E-state index < -0.39 is 32.5 Å². The summed E-state index contributed by atoms with van der Waals surface area (Å²) in [6.07, 6.45) is 37.0. The zero-order valence-electron chi connectivity index (χ0n) is 44.4. The van der Waals surface area contributed by atoms with Crippen molar-refractivity contribution in [3.8, 4) is 11.1 Å². The molecule has 0 bridgehead atoms. The van der Waals surface area contributed by atoms with E-state index in [1.54, 1.807) is 0 Å². The molecule has 1 aromatic heterocycles. The number of ether oxygens (including phenoxy) is 3. The Labute approximate surface area is 434 Å². The predicted molar refractivity (Wildman–Crippen MR) is 290 cm³/mol. The van der Waals surface area contributed by atoms with Gasteiger partial charge in [-0.3, -0.25) is 23.4 Å². The standard InChI is InChI=1S/C60H92NO10P/c1-3-5-7-9-11-13-15-17-18-20-22-24-26-28-30-42-60(64)71-52(48-67-58(62)41-29-27-25-23-21-19-16-14-12-10-8-6-4-2)49-70-72(65,66)69-47-46-61-45-35-36-51(61)43-44-59(63)68-50-57-55-39-33-31-37-53(55)54-38-32-34-40-56(54)57/h17-18,31-40,45,52,57H,3-16,19-30,41-44,46-50H2,1-2H3,(H,65,66). The minimum Gasteiger partial charge on any atom is -0.465 e. The molecule has 1 aliphatic carbocycles. The summed E-state index contributed by atoms with van der Waals surface area (Å²) in [4.78, 5) is 49.3. The second kappa shape index (κ2) is 37.7. The average Bonchev–Trinajstić information content (AvgIpc) is 3.97. The number of nitrogens with zero attached hydrogens (tertiary/aromatic N) is 1. The van der Waals surface area contributed by atoms with Gasteiger partial charge in [-0.15, -0.1) is 0 Å². The molecule has 12 heteroatoms. The summed E-state index contributed by atoms with van der Waals surface area (Å²) >= 11 is 0. The largest absolute Gasteiger partial charge is 0.472 e. The molecule has 0 saturated carbocycles. The van der Waals surface area contributed by atoms with Gasteiger partial charge in [0.15, 0.2) is 6.10 Å². The van der Waals surface area contributed by atoms with Gasteiger partial charge in [-0.25, -0.2) is 4.57 Å². The Kier molecular flexibility index (Phi) is 31.7. The maximum atomic E-state index is 13.1. The fraction of sp³-hybridized carbons (Fsp3) is 0.650. The molecule has 0 aliphatic heterocycles. The topological polar surface area (TPSA) is 140 Å². The van der Waals surface area contributed by atoms with Gasteiger partial charge in [-0.2, -0.15) is 0 Å². The summed E-state index contributed by atoms with van der Waals surface area (Å²) in [6.45, 7) is 4.06. The maximum Gasteiger partial charge on any atom is 0.472 e. The van der Waals surface area contributed by atoms with E-state index in [1.807, 2.05) is 47.2 Å². The van der Waals surface area contributed by atoms with Crippen LogP contribution in [-0.4, -0.2) is 59.9 Å². The molecule has 2 atom stereocenters. The van der Waals surface area contributed by atoms with E-state index in [2.05, 4.69) is 50.3 Å². The normalized spacial score (nSPS) is 13.5. The maximum absolute atomic E-state index is 13.1. The van der Waals surface area contributed by atoms with Crippen molar-refractivity contribution in [1.29, 1.82) is 0 Å². The van der Waals surface area contributed by atoms with Crippen LogP contribution in [0.3, 0.4) is 0 Å². The van der Waals surface area contributed by atoms with Crippen LogP contribution >= 0.6 is 7.82 Å². The number of hydrogen-bond acceptors (Lipinski definition) is 9. The third-order valence-electron chi connectivity index (χ3n) is 13.7. The van der Waals surface area contributed by atoms with Crippen LogP contribution in [0.5, 0.6) is 0 Å². The Morgan fingerprint density at radius 1 is 0.569 bits per heavy atom. The number of allylic oxidation sites excluding steroid dienone is 2. The third kappa shape index (κ3) is 25.8. The van der Waals surface area contributed by atoms with Crippen LogP contribution < -0.4 is 0 Å². The second-order valence-electron chi connectivity index (χ2n) is 19.8. The first-order valence-corrected chi connectivity index (χ1v) is 29.8. The lowest BCUT2D eigenvalue weighted by atomic mass is 9.98. The van der Waals surface area contributed by atoms with Gasteiger partial charge >= 0.3 is 25.7 Å². The Hall–Kier alpha value is -4.02. The Morgan fingerprint density at radius 2 is 1.06 bits per heavy atom. The van der Waals surface area contributed by atoms with E-state index in [0.717, 1.165) is 74.6 Å². The van der Waals surface area contributed by atoms with Crippen molar-refractivity contribution in [2.75, 3.05) is 26.4 Å². The van der Waals surface area contributed by atoms with Crippen molar-refractivity contribution < 1.29 is 47.1 Å². The second-order valence-corrected chi connectivity index (χ2v) is 21.3. The first kappa shape index (κ1) is 60.5. The Bertz CT molecular complexity index is 1970. The number of phosphoric ester groups is 1. The number of benzene rings is 2. The molecule has 0 saturated heterocycles. The van der Waals surface area contributed by atoms with Gasteiger partial charge in [0.1, 0.15) is 13.2 Å². The quantitative estimate of drug-likeness (QED) is 0.0191. The molecule has 402 valence electrons. The molecule has 72 heavy (non-hydrogen) atoms. The zero-order valence-corrected chi connectivity index (χ0v) is 45.3. The SMILES string of the molecule is CCCCCCCCC=CCCCCCCCC(=O)OC(COC(=O)CCCCCCCCCCCCCCC)COP(=O)(O)OCCn1cccc1CCC(=O)OCC1c2ccccc2-c2ccccc21. The van der Waals surface area contributed by atoms with Gasteiger partial charge in [-0.1, -0.05) is 203 Å². The number of aromatic nitrogens is 1. The highest BCUT2D eigenvalue weighted by Crippen LogP contribution is 2.45. The van der Waals surface area contributed by atoms with E-state index in [9.17, 15) is 23.8 Å². The molecular weight excluding hydrogens is 926 g/mol. The van der Waals surface area contributed by atoms with Crippen LogP contribution in [0.2, 0.25) is 0 Å². The molecule has 4 rings (SSSR count). The molecular formula is C60H92NO10P. The molecule has 2 unspecified atom stereocenters. The number of hydrogen-bond donors (Lipinski definition) is 1. The smallest absolute Gasteiger partial charge is 0.465 e. The monoisotopic (exact) mass is 1020 g/mol. The molecule has 0 fully saturated rings. The summed E-state index contributed by atoms with van der Waals surface area (Å²) in [5.41, 5.74) is 5.51. The van der Waals surface area contributed by atoms with Crippen LogP contribution in [0.25, 0.3) is 11.1 Å². The lowest BCUT2D eigenvalue weighted by Crippen LogP contribution is -2.29. The molecule has 3 aromatic rings. The molecule has 1 N–H and O–H groups in total. The molecule has 0 amide bonds. The Balaban J connectivity index is 1.14. The zero-order chi connectivity index (χ0) is 51.3. The van der Waals surface area contributed by atoms with Crippen molar-refractivity contribution >= 4 is 25.7 Å². The van der Waals surface area contributed by atoms with E-state index in [-0.39, 0.29) is 57.5 Å². The van der Waals surface area contributed by atoms with Crippen LogP contribution in [0, 0.1) is 0 Å². The lowest BCUT2D eigenvalue weighted by Gasteiger charge is -2.20. The molecule has 2 aromatic carbocycles. The summed E-state index contributed by atoms with van der Waals surface area (Å²) in [6, 6.07) is 20.2. The number of esters is 3. The predicted octanol–water partition coefficient (Wildman–Crippen LogP) is 15.9. The number of carbonyl (C=O) groups is 3. The van der Waals surface area contributed by atoms with Crippen molar-refractivity contribution in [2.24, 2.45) is 0 Å². The van der Waals surface area contributed by atoms with E-state index in [4.69, 9.17) is 23.3 Å². The van der Waals surface area contributed by atoms with Crippen LogP contribution in [0.15, 0.2) is 79.0 Å².